The van der Waals surface area contributed by atoms with Crippen LogP contribution in [0.2, 0.25) is 0 Å². The fourth-order valence-electron chi connectivity index (χ4n) is 1.24. The van der Waals surface area contributed by atoms with Crippen molar-refractivity contribution in [3.8, 4) is 17.1 Å². The third-order valence-corrected chi connectivity index (χ3v) is 3.03. The van der Waals surface area contributed by atoms with Crippen molar-refractivity contribution in [2.45, 2.75) is 0 Å². The van der Waals surface area contributed by atoms with Gasteiger partial charge in [-0.15, -0.1) is 0 Å². The lowest BCUT2D eigenvalue weighted by Gasteiger charge is -2.01. The molecule has 0 aliphatic carbocycles. The molecule has 0 unspecified atom stereocenters. The molecule has 1 aromatic carbocycles. The summed E-state index contributed by atoms with van der Waals surface area (Å²) in [5, 5.41) is 3.70. The number of aromatic nitrogens is 1. The highest BCUT2D eigenvalue weighted by atomic mass is 127. The average molecular weight is 316 g/mol. The topological polar surface area (TPSA) is 61.3 Å². The number of nitrogen functional groups attached to an aromatic ring is 1. The maximum atomic E-state index is 5.60. The molecule has 0 saturated heterocycles. The van der Waals surface area contributed by atoms with E-state index in [9.17, 15) is 0 Å². The van der Waals surface area contributed by atoms with Crippen LogP contribution in [0.15, 0.2) is 28.8 Å². The molecule has 0 fully saturated rings. The van der Waals surface area contributed by atoms with Gasteiger partial charge >= 0.3 is 0 Å². The highest BCUT2D eigenvalue weighted by Gasteiger charge is 2.13. The second-order valence-electron chi connectivity index (χ2n) is 2.94. The van der Waals surface area contributed by atoms with Gasteiger partial charge in [-0.1, -0.05) is 17.3 Å². The van der Waals surface area contributed by atoms with E-state index in [4.69, 9.17) is 15.0 Å². The summed E-state index contributed by atoms with van der Waals surface area (Å²) in [6, 6.07) is 7.56. The largest absolute Gasteiger partial charge is 0.497 e. The number of ether oxygens (including phenoxy) is 1. The summed E-state index contributed by atoms with van der Waals surface area (Å²) >= 11 is 2.11. The molecule has 0 radical (unpaired) electrons. The van der Waals surface area contributed by atoms with E-state index in [0.29, 0.717) is 11.6 Å². The molecule has 2 aromatic rings. The number of hydrogen-bond donors (Lipinski definition) is 1. The SMILES string of the molecule is COc1cccc(-c2onc(N)c2I)c1. The molecular formula is C10H9IN2O2. The molecule has 5 heteroatoms. The Kier molecular flexibility index (Phi) is 2.81. The Morgan fingerprint density at radius 2 is 2.27 bits per heavy atom. The van der Waals surface area contributed by atoms with Gasteiger partial charge in [-0.2, -0.15) is 0 Å². The standard InChI is InChI=1S/C10H9IN2O2/c1-14-7-4-2-3-6(5-7)9-8(11)10(12)13-15-9/h2-5H,1H3,(H2,12,13). The van der Waals surface area contributed by atoms with E-state index in [-0.39, 0.29) is 0 Å². The number of benzene rings is 1. The van der Waals surface area contributed by atoms with Gasteiger partial charge in [0.05, 0.1) is 7.11 Å². The van der Waals surface area contributed by atoms with Crippen LogP contribution >= 0.6 is 22.6 Å². The highest BCUT2D eigenvalue weighted by Crippen LogP contribution is 2.30. The maximum Gasteiger partial charge on any atom is 0.182 e. The predicted octanol–water partition coefficient (Wildman–Crippen LogP) is 2.54. The van der Waals surface area contributed by atoms with Gasteiger partial charge in [-0.25, -0.2) is 0 Å². The zero-order valence-electron chi connectivity index (χ0n) is 8.03. The van der Waals surface area contributed by atoms with Crippen LogP contribution < -0.4 is 10.5 Å². The van der Waals surface area contributed by atoms with Crippen LogP contribution in [0.25, 0.3) is 11.3 Å². The molecule has 0 bridgehead atoms. The molecule has 78 valence electrons. The molecule has 0 spiro atoms. The van der Waals surface area contributed by atoms with Crippen molar-refractivity contribution < 1.29 is 9.26 Å². The Balaban J connectivity index is 2.49. The number of methoxy groups -OCH3 is 1. The van der Waals surface area contributed by atoms with E-state index in [1.165, 1.54) is 0 Å². The third kappa shape index (κ3) is 1.92. The van der Waals surface area contributed by atoms with E-state index in [2.05, 4.69) is 27.7 Å². The normalized spacial score (nSPS) is 10.3. The van der Waals surface area contributed by atoms with Gasteiger partial charge in [0.25, 0.3) is 0 Å². The first-order valence-electron chi connectivity index (χ1n) is 4.27. The Morgan fingerprint density at radius 3 is 2.87 bits per heavy atom. The van der Waals surface area contributed by atoms with Gasteiger partial charge in [0.2, 0.25) is 0 Å². The Morgan fingerprint density at radius 1 is 1.47 bits per heavy atom. The molecule has 0 atom stereocenters. The summed E-state index contributed by atoms with van der Waals surface area (Å²) in [5.41, 5.74) is 6.51. The van der Waals surface area contributed by atoms with E-state index in [0.717, 1.165) is 14.9 Å². The fourth-order valence-corrected chi connectivity index (χ4v) is 1.74. The molecule has 2 rings (SSSR count). The van der Waals surface area contributed by atoms with Crippen molar-refractivity contribution in [2.75, 3.05) is 12.8 Å². The Bertz CT molecular complexity index is 482. The zero-order valence-corrected chi connectivity index (χ0v) is 10.2. The van der Waals surface area contributed by atoms with Crippen molar-refractivity contribution in [1.29, 1.82) is 0 Å². The van der Waals surface area contributed by atoms with Crippen LogP contribution in [0.4, 0.5) is 5.82 Å². The van der Waals surface area contributed by atoms with Gasteiger partial charge < -0.3 is 15.0 Å². The molecule has 1 heterocycles. The number of anilines is 1. The summed E-state index contributed by atoms with van der Waals surface area (Å²) in [6.45, 7) is 0. The van der Waals surface area contributed by atoms with Gasteiger partial charge in [0.1, 0.15) is 9.32 Å². The van der Waals surface area contributed by atoms with E-state index in [1.54, 1.807) is 7.11 Å². The third-order valence-electron chi connectivity index (χ3n) is 1.99. The second kappa shape index (κ2) is 4.09. The first kappa shape index (κ1) is 10.3. The first-order chi connectivity index (χ1) is 7.22. The quantitative estimate of drug-likeness (QED) is 0.865. The minimum absolute atomic E-state index is 0.411. The number of halogens is 1. The van der Waals surface area contributed by atoms with Crippen LogP contribution in [0.5, 0.6) is 5.75 Å². The zero-order chi connectivity index (χ0) is 10.8. The Labute approximate surface area is 101 Å². The molecule has 0 amide bonds. The second-order valence-corrected chi connectivity index (χ2v) is 4.02. The summed E-state index contributed by atoms with van der Waals surface area (Å²) < 4.78 is 11.1. The average Bonchev–Trinajstić information content (AvgIpc) is 2.60. The summed E-state index contributed by atoms with van der Waals surface area (Å²) in [4.78, 5) is 0. The van der Waals surface area contributed by atoms with Crippen molar-refractivity contribution in [3.63, 3.8) is 0 Å². The summed E-state index contributed by atoms with van der Waals surface area (Å²) in [6.07, 6.45) is 0. The lowest BCUT2D eigenvalue weighted by molar-refractivity contribution is 0.413. The van der Waals surface area contributed by atoms with Crippen LogP contribution in [-0.4, -0.2) is 12.3 Å². The van der Waals surface area contributed by atoms with E-state index < -0.39 is 0 Å². The Hall–Kier alpha value is -1.24. The lowest BCUT2D eigenvalue weighted by Crippen LogP contribution is -1.87. The van der Waals surface area contributed by atoms with Crippen LogP contribution in [0, 0.1) is 3.57 Å². The van der Waals surface area contributed by atoms with Gasteiger partial charge in [0.15, 0.2) is 11.6 Å². The molecule has 0 saturated carbocycles. The molecular weight excluding hydrogens is 307 g/mol. The van der Waals surface area contributed by atoms with Crippen molar-refractivity contribution in [1.82, 2.24) is 5.16 Å². The van der Waals surface area contributed by atoms with E-state index >= 15 is 0 Å². The summed E-state index contributed by atoms with van der Waals surface area (Å²) in [5.74, 6) is 1.86. The number of rotatable bonds is 2. The minimum Gasteiger partial charge on any atom is -0.497 e. The molecule has 0 aliphatic rings. The summed E-state index contributed by atoms with van der Waals surface area (Å²) in [7, 11) is 1.62. The number of hydrogen-bond acceptors (Lipinski definition) is 4. The maximum absolute atomic E-state index is 5.60. The predicted molar refractivity (Wildman–Crippen MR) is 65.6 cm³/mol. The minimum atomic E-state index is 0.411. The fraction of sp³-hybridized carbons (Fsp3) is 0.100. The van der Waals surface area contributed by atoms with Crippen LogP contribution in [0.1, 0.15) is 0 Å². The molecule has 15 heavy (non-hydrogen) atoms. The van der Waals surface area contributed by atoms with Crippen molar-refractivity contribution in [3.05, 3.63) is 27.8 Å². The van der Waals surface area contributed by atoms with Gasteiger partial charge in [-0.3, -0.25) is 0 Å². The van der Waals surface area contributed by atoms with Crippen LogP contribution in [-0.2, 0) is 0 Å². The highest BCUT2D eigenvalue weighted by molar-refractivity contribution is 14.1. The number of nitrogens with two attached hydrogens (primary N) is 1. The van der Waals surface area contributed by atoms with Crippen molar-refractivity contribution >= 4 is 28.4 Å². The molecule has 4 nitrogen and oxygen atoms in total. The van der Waals surface area contributed by atoms with Gasteiger partial charge in [-0.05, 0) is 34.7 Å². The lowest BCUT2D eigenvalue weighted by atomic mass is 10.1. The van der Waals surface area contributed by atoms with Crippen molar-refractivity contribution in [2.24, 2.45) is 0 Å². The van der Waals surface area contributed by atoms with Gasteiger partial charge in [0, 0.05) is 5.56 Å². The molecule has 0 aliphatic heterocycles. The first-order valence-corrected chi connectivity index (χ1v) is 5.35. The molecule has 1 aromatic heterocycles. The molecule has 2 N–H and O–H groups in total. The monoisotopic (exact) mass is 316 g/mol. The number of nitrogens with zero attached hydrogens (tertiary/aromatic N) is 1. The smallest absolute Gasteiger partial charge is 0.182 e. The van der Waals surface area contributed by atoms with Crippen LogP contribution in [0.3, 0.4) is 0 Å². The van der Waals surface area contributed by atoms with E-state index in [1.807, 2.05) is 24.3 Å².